The highest BCUT2D eigenvalue weighted by molar-refractivity contribution is 4.93. The predicted octanol–water partition coefficient (Wildman–Crippen LogP) is 3.03. The second-order valence-electron chi connectivity index (χ2n) is 6.19. The number of rotatable bonds is 8. The quantitative estimate of drug-likeness (QED) is 0.699. The molecule has 2 nitrogen and oxygen atoms in total. The maximum Gasteiger partial charge on any atom is 0.00966 e. The van der Waals surface area contributed by atoms with E-state index in [-0.39, 0.29) is 0 Å². The first kappa shape index (κ1) is 13.4. The van der Waals surface area contributed by atoms with Crippen molar-refractivity contribution in [2.75, 3.05) is 26.2 Å². The summed E-state index contributed by atoms with van der Waals surface area (Å²) in [6.07, 6.45) is 10.0. The van der Waals surface area contributed by atoms with Crippen molar-refractivity contribution in [2.45, 2.75) is 64.8 Å². The molecule has 2 aliphatic carbocycles. The van der Waals surface area contributed by atoms with Crippen LogP contribution in [0, 0.1) is 5.41 Å². The molecular weight excluding hydrogens is 208 g/mol. The Labute approximate surface area is 107 Å². The van der Waals surface area contributed by atoms with Crippen LogP contribution in [0.3, 0.4) is 0 Å². The first-order valence-electron chi connectivity index (χ1n) is 7.74. The third kappa shape index (κ3) is 3.69. The van der Waals surface area contributed by atoms with Gasteiger partial charge >= 0.3 is 0 Å². The SMILES string of the molecule is CCCN(CC1(CNCC)CCCC1)C1CC1. The van der Waals surface area contributed by atoms with Crippen molar-refractivity contribution in [3.63, 3.8) is 0 Å². The summed E-state index contributed by atoms with van der Waals surface area (Å²) < 4.78 is 0. The molecular formula is C15H30N2. The van der Waals surface area contributed by atoms with Crippen molar-refractivity contribution in [1.29, 1.82) is 0 Å². The molecule has 2 heteroatoms. The van der Waals surface area contributed by atoms with Crippen LogP contribution in [0.25, 0.3) is 0 Å². The lowest BCUT2D eigenvalue weighted by Gasteiger charge is -2.36. The van der Waals surface area contributed by atoms with E-state index >= 15 is 0 Å². The average molecular weight is 238 g/mol. The summed E-state index contributed by atoms with van der Waals surface area (Å²) in [5.41, 5.74) is 0.605. The lowest BCUT2D eigenvalue weighted by Crippen LogP contribution is -2.43. The summed E-state index contributed by atoms with van der Waals surface area (Å²) in [5, 5.41) is 3.61. The normalized spacial score (nSPS) is 23.5. The molecule has 0 aromatic heterocycles. The molecule has 1 N–H and O–H groups in total. The largest absolute Gasteiger partial charge is 0.316 e. The molecule has 0 aromatic carbocycles. The van der Waals surface area contributed by atoms with Gasteiger partial charge in [0, 0.05) is 19.1 Å². The van der Waals surface area contributed by atoms with Gasteiger partial charge in [-0.05, 0) is 50.6 Å². The summed E-state index contributed by atoms with van der Waals surface area (Å²) in [5.74, 6) is 0. The van der Waals surface area contributed by atoms with E-state index in [4.69, 9.17) is 0 Å². The average Bonchev–Trinajstić information content (AvgIpc) is 3.08. The Morgan fingerprint density at radius 3 is 2.41 bits per heavy atom. The van der Waals surface area contributed by atoms with Gasteiger partial charge in [0.1, 0.15) is 0 Å². The van der Waals surface area contributed by atoms with Gasteiger partial charge in [0.25, 0.3) is 0 Å². The molecule has 2 aliphatic rings. The fraction of sp³-hybridized carbons (Fsp3) is 1.00. The van der Waals surface area contributed by atoms with E-state index in [1.54, 1.807) is 0 Å². The number of hydrogen-bond donors (Lipinski definition) is 1. The van der Waals surface area contributed by atoms with Crippen molar-refractivity contribution in [2.24, 2.45) is 5.41 Å². The molecule has 0 bridgehead atoms. The van der Waals surface area contributed by atoms with E-state index in [1.807, 2.05) is 0 Å². The monoisotopic (exact) mass is 238 g/mol. The van der Waals surface area contributed by atoms with Crippen LogP contribution in [-0.2, 0) is 0 Å². The van der Waals surface area contributed by atoms with Crippen LogP contribution in [-0.4, -0.2) is 37.1 Å². The summed E-state index contributed by atoms with van der Waals surface area (Å²) in [6, 6.07) is 0.939. The molecule has 0 heterocycles. The number of nitrogens with zero attached hydrogens (tertiary/aromatic N) is 1. The molecule has 100 valence electrons. The summed E-state index contributed by atoms with van der Waals surface area (Å²) in [7, 11) is 0. The second kappa shape index (κ2) is 6.19. The van der Waals surface area contributed by atoms with Crippen LogP contribution in [0.1, 0.15) is 58.8 Å². The first-order chi connectivity index (χ1) is 8.29. The Morgan fingerprint density at radius 1 is 1.18 bits per heavy atom. The topological polar surface area (TPSA) is 15.3 Å². The smallest absolute Gasteiger partial charge is 0.00966 e. The Balaban J connectivity index is 1.90. The molecule has 0 saturated heterocycles. The molecule has 2 saturated carbocycles. The van der Waals surface area contributed by atoms with Crippen molar-refractivity contribution in [3.05, 3.63) is 0 Å². The highest BCUT2D eigenvalue weighted by Gasteiger charge is 2.38. The van der Waals surface area contributed by atoms with Gasteiger partial charge in [0.15, 0.2) is 0 Å². The molecule has 0 spiro atoms. The van der Waals surface area contributed by atoms with E-state index < -0.39 is 0 Å². The zero-order valence-electron chi connectivity index (χ0n) is 11.8. The lowest BCUT2D eigenvalue weighted by molar-refractivity contribution is 0.142. The van der Waals surface area contributed by atoms with Gasteiger partial charge in [-0.25, -0.2) is 0 Å². The van der Waals surface area contributed by atoms with Gasteiger partial charge in [0.2, 0.25) is 0 Å². The van der Waals surface area contributed by atoms with Gasteiger partial charge in [-0.1, -0.05) is 26.7 Å². The second-order valence-corrected chi connectivity index (χ2v) is 6.19. The van der Waals surface area contributed by atoms with Crippen LogP contribution in [0.15, 0.2) is 0 Å². The molecule has 17 heavy (non-hydrogen) atoms. The Bertz CT molecular complexity index is 217. The molecule has 2 fully saturated rings. The number of hydrogen-bond acceptors (Lipinski definition) is 2. The first-order valence-corrected chi connectivity index (χ1v) is 7.74. The van der Waals surface area contributed by atoms with Gasteiger partial charge in [-0.2, -0.15) is 0 Å². The van der Waals surface area contributed by atoms with Gasteiger partial charge in [-0.15, -0.1) is 0 Å². The minimum Gasteiger partial charge on any atom is -0.316 e. The van der Waals surface area contributed by atoms with Crippen LogP contribution in [0.2, 0.25) is 0 Å². The molecule has 0 atom stereocenters. The Kier molecular flexibility index (Phi) is 4.87. The van der Waals surface area contributed by atoms with E-state index in [0.29, 0.717) is 5.41 Å². The predicted molar refractivity (Wildman–Crippen MR) is 74.3 cm³/mol. The Morgan fingerprint density at radius 2 is 1.88 bits per heavy atom. The van der Waals surface area contributed by atoms with E-state index in [1.165, 1.54) is 64.6 Å². The third-order valence-electron chi connectivity index (χ3n) is 4.53. The van der Waals surface area contributed by atoms with Crippen LogP contribution in [0.4, 0.5) is 0 Å². The van der Waals surface area contributed by atoms with Crippen LogP contribution in [0.5, 0.6) is 0 Å². The fourth-order valence-electron chi connectivity index (χ4n) is 3.45. The van der Waals surface area contributed by atoms with E-state index in [2.05, 4.69) is 24.1 Å². The zero-order chi connectivity index (χ0) is 12.1. The maximum atomic E-state index is 3.61. The third-order valence-corrected chi connectivity index (χ3v) is 4.53. The molecule has 2 rings (SSSR count). The molecule has 0 amide bonds. The fourth-order valence-corrected chi connectivity index (χ4v) is 3.45. The summed E-state index contributed by atoms with van der Waals surface area (Å²) in [6.45, 7) is 9.60. The summed E-state index contributed by atoms with van der Waals surface area (Å²) in [4.78, 5) is 2.79. The minimum absolute atomic E-state index is 0.605. The van der Waals surface area contributed by atoms with Crippen molar-refractivity contribution >= 4 is 0 Å². The van der Waals surface area contributed by atoms with E-state index in [0.717, 1.165) is 12.6 Å². The van der Waals surface area contributed by atoms with Gasteiger partial charge < -0.3 is 5.32 Å². The maximum absolute atomic E-state index is 3.61. The standard InChI is InChI=1S/C15H30N2/c1-3-11-17(14-7-8-14)13-15(12-16-4-2)9-5-6-10-15/h14,16H,3-13H2,1-2H3. The molecule has 0 radical (unpaired) electrons. The summed E-state index contributed by atoms with van der Waals surface area (Å²) >= 11 is 0. The van der Waals surface area contributed by atoms with Crippen molar-refractivity contribution in [3.8, 4) is 0 Å². The van der Waals surface area contributed by atoms with Gasteiger partial charge in [0.05, 0.1) is 0 Å². The van der Waals surface area contributed by atoms with E-state index in [9.17, 15) is 0 Å². The molecule has 0 aromatic rings. The molecule has 0 unspecified atom stereocenters. The van der Waals surface area contributed by atoms with Gasteiger partial charge in [-0.3, -0.25) is 4.90 Å². The zero-order valence-corrected chi connectivity index (χ0v) is 11.8. The molecule has 0 aliphatic heterocycles. The highest BCUT2D eigenvalue weighted by Crippen LogP contribution is 2.40. The highest BCUT2D eigenvalue weighted by atomic mass is 15.2. The Hall–Kier alpha value is -0.0800. The van der Waals surface area contributed by atoms with Crippen LogP contribution < -0.4 is 5.32 Å². The van der Waals surface area contributed by atoms with Crippen molar-refractivity contribution in [1.82, 2.24) is 10.2 Å². The number of nitrogens with one attached hydrogen (secondary N) is 1. The lowest BCUT2D eigenvalue weighted by atomic mass is 9.85. The van der Waals surface area contributed by atoms with Crippen LogP contribution >= 0.6 is 0 Å². The minimum atomic E-state index is 0.605. The van der Waals surface area contributed by atoms with Crippen molar-refractivity contribution < 1.29 is 0 Å².